The van der Waals surface area contributed by atoms with Gasteiger partial charge in [-0.1, -0.05) is 87.9 Å². The number of amides is 1. The molecule has 0 fully saturated rings. The summed E-state index contributed by atoms with van der Waals surface area (Å²) in [4.78, 5) is 12.9. The van der Waals surface area contributed by atoms with E-state index in [4.69, 9.17) is 0 Å². The monoisotopic (exact) mass is 401 g/mol. The molecule has 6 heteroatoms. The van der Waals surface area contributed by atoms with Gasteiger partial charge in [0.25, 0.3) is 0 Å². The molecule has 0 saturated carbocycles. The van der Waals surface area contributed by atoms with E-state index in [1.54, 1.807) is 0 Å². The van der Waals surface area contributed by atoms with Crippen molar-refractivity contribution in [3.8, 4) is 0 Å². The van der Waals surface area contributed by atoms with Crippen LogP contribution in [0.4, 0.5) is 5.13 Å². The van der Waals surface area contributed by atoms with Gasteiger partial charge in [0.1, 0.15) is 5.01 Å². The SMILES string of the molecule is O=C(Nc1nnc(CCBr)s1)C(c1ccccc1)c1ccccc1. The van der Waals surface area contributed by atoms with Crippen LogP contribution in [0.25, 0.3) is 0 Å². The second-order valence-corrected chi connectivity index (χ2v) is 7.04. The molecule has 1 heterocycles. The number of rotatable bonds is 6. The Kier molecular flexibility index (Phi) is 5.72. The molecule has 0 aliphatic heterocycles. The zero-order valence-electron chi connectivity index (χ0n) is 12.9. The summed E-state index contributed by atoms with van der Waals surface area (Å²) in [6.07, 6.45) is 0.800. The predicted molar refractivity (Wildman–Crippen MR) is 101 cm³/mol. The lowest BCUT2D eigenvalue weighted by Crippen LogP contribution is -2.22. The van der Waals surface area contributed by atoms with Gasteiger partial charge in [-0.2, -0.15) is 0 Å². The van der Waals surface area contributed by atoms with Crippen molar-refractivity contribution in [2.24, 2.45) is 0 Å². The van der Waals surface area contributed by atoms with Gasteiger partial charge in [-0.25, -0.2) is 0 Å². The number of benzene rings is 2. The summed E-state index contributed by atoms with van der Waals surface area (Å²) in [5.74, 6) is -0.482. The highest BCUT2D eigenvalue weighted by molar-refractivity contribution is 9.09. The molecule has 0 saturated heterocycles. The van der Waals surface area contributed by atoms with E-state index < -0.39 is 0 Å². The molecule has 2 aromatic carbocycles. The van der Waals surface area contributed by atoms with Crippen LogP contribution in [0.1, 0.15) is 22.1 Å². The number of nitrogens with one attached hydrogen (secondary N) is 1. The highest BCUT2D eigenvalue weighted by Crippen LogP contribution is 2.27. The Bertz CT molecular complexity index is 753. The highest BCUT2D eigenvalue weighted by atomic mass is 79.9. The fourth-order valence-corrected chi connectivity index (χ4v) is 3.83. The molecule has 0 unspecified atom stereocenters. The van der Waals surface area contributed by atoms with Crippen LogP contribution in [-0.4, -0.2) is 21.4 Å². The second kappa shape index (κ2) is 8.17. The molecule has 0 bridgehead atoms. The van der Waals surface area contributed by atoms with Crippen molar-refractivity contribution < 1.29 is 4.79 Å². The number of halogens is 1. The normalized spacial score (nSPS) is 10.8. The Labute approximate surface area is 153 Å². The van der Waals surface area contributed by atoms with E-state index in [1.165, 1.54) is 11.3 Å². The van der Waals surface area contributed by atoms with Crippen molar-refractivity contribution in [2.75, 3.05) is 10.6 Å². The van der Waals surface area contributed by atoms with Crippen molar-refractivity contribution in [1.29, 1.82) is 0 Å². The van der Waals surface area contributed by atoms with Crippen molar-refractivity contribution >= 4 is 38.3 Å². The molecule has 122 valence electrons. The molecule has 3 rings (SSSR count). The Balaban J connectivity index is 1.86. The third kappa shape index (κ3) is 4.07. The van der Waals surface area contributed by atoms with Crippen LogP contribution >= 0.6 is 27.3 Å². The highest BCUT2D eigenvalue weighted by Gasteiger charge is 2.23. The summed E-state index contributed by atoms with van der Waals surface area (Å²) in [5, 5.41) is 13.3. The maximum absolute atomic E-state index is 12.9. The van der Waals surface area contributed by atoms with Gasteiger partial charge >= 0.3 is 0 Å². The molecule has 0 aliphatic rings. The number of anilines is 1. The molecule has 4 nitrogen and oxygen atoms in total. The van der Waals surface area contributed by atoms with Crippen LogP contribution in [0.2, 0.25) is 0 Å². The van der Waals surface area contributed by atoms with Crippen LogP contribution in [0.5, 0.6) is 0 Å². The largest absolute Gasteiger partial charge is 0.300 e. The molecule has 24 heavy (non-hydrogen) atoms. The first-order valence-corrected chi connectivity index (χ1v) is 9.51. The quantitative estimate of drug-likeness (QED) is 0.628. The number of hydrogen-bond acceptors (Lipinski definition) is 4. The van der Waals surface area contributed by atoms with Gasteiger partial charge < -0.3 is 0 Å². The van der Waals surface area contributed by atoms with Crippen molar-refractivity contribution in [1.82, 2.24) is 10.2 Å². The first kappa shape index (κ1) is 16.8. The van der Waals surface area contributed by atoms with Crippen LogP contribution in [0, 0.1) is 0 Å². The van der Waals surface area contributed by atoms with E-state index in [0.29, 0.717) is 5.13 Å². The Hall–Kier alpha value is -2.05. The van der Waals surface area contributed by atoms with Gasteiger partial charge in [-0.15, -0.1) is 10.2 Å². The van der Waals surface area contributed by atoms with Gasteiger partial charge in [0, 0.05) is 11.8 Å². The standard InChI is InChI=1S/C18H16BrN3OS/c19-12-11-15-21-22-18(24-15)20-17(23)16(13-7-3-1-4-8-13)14-9-5-2-6-10-14/h1-10,16H,11-12H2,(H,20,22,23). The zero-order valence-corrected chi connectivity index (χ0v) is 15.3. The summed E-state index contributed by atoms with van der Waals surface area (Å²) in [5.41, 5.74) is 1.90. The number of alkyl halides is 1. The fourth-order valence-electron chi connectivity index (χ4n) is 2.45. The lowest BCUT2D eigenvalue weighted by atomic mass is 9.90. The Morgan fingerprint density at radius 3 is 2.12 bits per heavy atom. The fraction of sp³-hybridized carbons (Fsp3) is 0.167. The summed E-state index contributed by atoms with van der Waals surface area (Å²) in [6, 6.07) is 19.5. The second-order valence-electron chi connectivity index (χ2n) is 5.18. The van der Waals surface area contributed by atoms with Crippen molar-refractivity contribution in [3.63, 3.8) is 0 Å². The predicted octanol–water partition coefficient (Wildman–Crippen LogP) is 4.25. The molecule has 1 N–H and O–H groups in total. The average Bonchev–Trinajstić information content (AvgIpc) is 3.04. The molecular weight excluding hydrogens is 386 g/mol. The molecule has 0 atom stereocenters. The summed E-state index contributed by atoms with van der Waals surface area (Å²) in [6.45, 7) is 0. The van der Waals surface area contributed by atoms with E-state index in [0.717, 1.165) is 27.9 Å². The average molecular weight is 402 g/mol. The first-order chi connectivity index (χ1) is 11.8. The van der Waals surface area contributed by atoms with Crippen molar-refractivity contribution in [2.45, 2.75) is 12.3 Å². The van der Waals surface area contributed by atoms with Crippen LogP contribution in [0.3, 0.4) is 0 Å². The number of carbonyl (C=O) groups is 1. The molecule has 1 aromatic heterocycles. The Morgan fingerprint density at radius 1 is 1.00 bits per heavy atom. The van der Waals surface area contributed by atoms with E-state index in [1.807, 2.05) is 60.7 Å². The number of hydrogen-bond donors (Lipinski definition) is 1. The minimum absolute atomic E-state index is 0.103. The van der Waals surface area contributed by atoms with E-state index >= 15 is 0 Å². The molecule has 3 aromatic rings. The van der Waals surface area contributed by atoms with Crippen LogP contribution in [0.15, 0.2) is 60.7 Å². The van der Waals surface area contributed by atoms with Crippen LogP contribution < -0.4 is 5.32 Å². The van der Waals surface area contributed by atoms with Gasteiger partial charge in [0.15, 0.2) is 0 Å². The first-order valence-electron chi connectivity index (χ1n) is 7.57. The van der Waals surface area contributed by atoms with Gasteiger partial charge in [-0.05, 0) is 11.1 Å². The lowest BCUT2D eigenvalue weighted by Gasteiger charge is -2.16. The van der Waals surface area contributed by atoms with Crippen molar-refractivity contribution in [3.05, 3.63) is 76.8 Å². The minimum Gasteiger partial charge on any atom is -0.300 e. The zero-order chi connectivity index (χ0) is 16.8. The summed E-state index contributed by atoms with van der Waals surface area (Å²) < 4.78 is 0. The summed E-state index contributed by atoms with van der Waals surface area (Å²) in [7, 11) is 0. The Morgan fingerprint density at radius 2 is 1.58 bits per heavy atom. The maximum Gasteiger partial charge on any atom is 0.238 e. The van der Waals surface area contributed by atoms with Gasteiger partial charge in [0.2, 0.25) is 11.0 Å². The van der Waals surface area contributed by atoms with Gasteiger partial charge in [-0.3, -0.25) is 10.1 Å². The van der Waals surface area contributed by atoms with Crippen LogP contribution in [-0.2, 0) is 11.2 Å². The molecular formula is C18H16BrN3OS. The summed E-state index contributed by atoms with van der Waals surface area (Å²) >= 11 is 4.79. The smallest absolute Gasteiger partial charge is 0.238 e. The number of nitrogens with zero attached hydrogens (tertiary/aromatic N) is 2. The molecule has 0 aliphatic carbocycles. The molecule has 0 radical (unpaired) electrons. The number of aryl methyl sites for hydroxylation is 1. The molecule has 0 spiro atoms. The minimum atomic E-state index is -0.379. The maximum atomic E-state index is 12.9. The lowest BCUT2D eigenvalue weighted by molar-refractivity contribution is -0.116. The third-order valence-corrected chi connectivity index (χ3v) is 4.83. The topological polar surface area (TPSA) is 54.9 Å². The van der Waals surface area contributed by atoms with E-state index in [9.17, 15) is 4.79 Å². The number of aromatic nitrogens is 2. The van der Waals surface area contributed by atoms with E-state index in [-0.39, 0.29) is 11.8 Å². The molecule has 1 amide bonds. The van der Waals surface area contributed by atoms with Gasteiger partial charge in [0.05, 0.1) is 5.92 Å². The van der Waals surface area contributed by atoms with E-state index in [2.05, 4.69) is 31.4 Å². The third-order valence-electron chi connectivity index (χ3n) is 3.53. The number of carbonyl (C=O) groups excluding carboxylic acids is 1.